The summed E-state index contributed by atoms with van der Waals surface area (Å²) in [7, 11) is 0. The Morgan fingerprint density at radius 1 is 1.15 bits per heavy atom. The second kappa shape index (κ2) is 8.41. The Balaban J connectivity index is 1.67. The molecule has 1 N–H and O–H groups in total. The average Bonchev–Trinajstić information content (AvgIpc) is 2.65. The van der Waals surface area contributed by atoms with Gasteiger partial charge in [-0.2, -0.15) is 0 Å². The van der Waals surface area contributed by atoms with Crippen molar-refractivity contribution >= 4 is 23.0 Å². The second-order valence-corrected chi connectivity index (χ2v) is 7.01. The smallest absolute Gasteiger partial charge is 0.173 e. The lowest BCUT2D eigenvalue weighted by Crippen LogP contribution is -2.45. The van der Waals surface area contributed by atoms with Gasteiger partial charge in [-0.1, -0.05) is 31.2 Å². The number of benzene rings is 2. The second-order valence-electron chi connectivity index (χ2n) is 6.62. The van der Waals surface area contributed by atoms with Crippen LogP contribution in [0, 0.1) is 13.8 Å². The van der Waals surface area contributed by atoms with Crippen LogP contribution in [0.4, 0.5) is 5.69 Å². The Kier molecular flexibility index (Phi) is 5.99. The van der Waals surface area contributed by atoms with E-state index in [1.54, 1.807) is 0 Å². The normalized spacial score (nSPS) is 15.4. The van der Waals surface area contributed by atoms with Crippen molar-refractivity contribution in [2.45, 2.75) is 33.3 Å². The van der Waals surface area contributed by atoms with Crippen molar-refractivity contribution in [1.29, 1.82) is 0 Å². The zero-order chi connectivity index (χ0) is 18.5. The average molecular weight is 371 g/mol. The Labute approximate surface area is 161 Å². The van der Waals surface area contributed by atoms with Gasteiger partial charge in [0.25, 0.3) is 0 Å². The molecule has 1 heterocycles. The molecule has 1 aliphatic heterocycles. The number of nitrogens with one attached hydrogen (secondary N) is 1. The number of rotatable bonds is 5. The molecule has 2 aromatic rings. The van der Waals surface area contributed by atoms with Crippen LogP contribution < -0.4 is 14.8 Å². The highest BCUT2D eigenvalue weighted by Gasteiger charge is 2.24. The van der Waals surface area contributed by atoms with Crippen LogP contribution in [0.1, 0.15) is 24.5 Å². The fourth-order valence-electron chi connectivity index (χ4n) is 3.03. The summed E-state index contributed by atoms with van der Waals surface area (Å²) in [4.78, 5) is 2.17. The van der Waals surface area contributed by atoms with Crippen molar-refractivity contribution in [3.8, 4) is 11.5 Å². The van der Waals surface area contributed by atoms with Gasteiger partial charge in [-0.3, -0.25) is 0 Å². The fraction of sp³-hybridized carbons (Fsp3) is 0.381. The number of anilines is 1. The van der Waals surface area contributed by atoms with E-state index < -0.39 is 0 Å². The number of para-hydroxylation sites is 2. The highest BCUT2D eigenvalue weighted by atomic mass is 32.1. The maximum absolute atomic E-state index is 6.10. The monoisotopic (exact) mass is 370 g/mol. The maximum atomic E-state index is 6.10. The van der Waals surface area contributed by atoms with Crippen LogP contribution in [-0.4, -0.2) is 35.8 Å². The van der Waals surface area contributed by atoms with E-state index in [0.29, 0.717) is 13.2 Å². The van der Waals surface area contributed by atoms with Gasteiger partial charge >= 0.3 is 0 Å². The van der Waals surface area contributed by atoms with Gasteiger partial charge in [0.2, 0.25) is 0 Å². The zero-order valence-corrected chi connectivity index (χ0v) is 16.4. The standard InChI is InChI=1S/C21H26N2O2S/c1-4-12-23(21(26)22-18-9-7-8-15(2)16(18)3)13-17-14-24-19-10-5-6-11-20(19)25-17/h5-11,17H,4,12-14H2,1-3H3,(H,22,26)/t17-/m1/s1. The molecule has 0 aliphatic carbocycles. The number of aryl methyl sites for hydroxylation is 1. The van der Waals surface area contributed by atoms with Crippen molar-refractivity contribution < 1.29 is 9.47 Å². The third kappa shape index (κ3) is 4.28. The number of hydrogen-bond acceptors (Lipinski definition) is 3. The molecule has 138 valence electrons. The summed E-state index contributed by atoms with van der Waals surface area (Å²) in [5.41, 5.74) is 3.53. The number of ether oxygens (including phenoxy) is 2. The van der Waals surface area contributed by atoms with Gasteiger partial charge in [-0.25, -0.2) is 0 Å². The molecule has 0 bridgehead atoms. The number of hydrogen-bond donors (Lipinski definition) is 1. The summed E-state index contributed by atoms with van der Waals surface area (Å²) in [6, 6.07) is 14.0. The van der Waals surface area contributed by atoms with Crippen LogP contribution in [0.5, 0.6) is 11.5 Å². The summed E-state index contributed by atoms with van der Waals surface area (Å²) < 4.78 is 11.9. The molecule has 4 nitrogen and oxygen atoms in total. The molecule has 0 spiro atoms. The van der Waals surface area contributed by atoms with Gasteiger partial charge in [-0.15, -0.1) is 0 Å². The van der Waals surface area contributed by atoms with Gasteiger partial charge in [0.05, 0.1) is 6.54 Å². The van der Waals surface area contributed by atoms with Gasteiger partial charge in [-0.05, 0) is 61.8 Å². The Morgan fingerprint density at radius 3 is 2.69 bits per heavy atom. The molecule has 0 unspecified atom stereocenters. The minimum absolute atomic E-state index is 0.0465. The van der Waals surface area contributed by atoms with E-state index in [9.17, 15) is 0 Å². The van der Waals surface area contributed by atoms with E-state index in [2.05, 4.69) is 43.1 Å². The fourth-order valence-corrected chi connectivity index (χ4v) is 3.30. The third-order valence-corrected chi connectivity index (χ3v) is 4.98. The molecule has 0 saturated carbocycles. The topological polar surface area (TPSA) is 33.7 Å². The van der Waals surface area contributed by atoms with Gasteiger partial charge < -0.3 is 19.7 Å². The van der Waals surface area contributed by atoms with Crippen LogP contribution in [0.25, 0.3) is 0 Å². The predicted molar refractivity (Wildman–Crippen MR) is 110 cm³/mol. The van der Waals surface area contributed by atoms with E-state index in [1.165, 1.54) is 11.1 Å². The van der Waals surface area contributed by atoms with Crippen molar-refractivity contribution in [2.75, 3.05) is 25.0 Å². The largest absolute Gasteiger partial charge is 0.486 e. The number of nitrogens with zero attached hydrogens (tertiary/aromatic N) is 1. The first-order chi connectivity index (χ1) is 12.6. The van der Waals surface area contributed by atoms with E-state index in [-0.39, 0.29) is 6.10 Å². The van der Waals surface area contributed by atoms with Crippen LogP contribution in [0.3, 0.4) is 0 Å². The lowest BCUT2D eigenvalue weighted by molar-refractivity contribution is 0.0746. The lowest BCUT2D eigenvalue weighted by atomic mass is 10.1. The molecule has 0 radical (unpaired) electrons. The first-order valence-corrected chi connectivity index (χ1v) is 9.50. The van der Waals surface area contributed by atoms with E-state index in [1.807, 2.05) is 30.3 Å². The first kappa shape index (κ1) is 18.5. The summed E-state index contributed by atoms with van der Waals surface area (Å²) in [5, 5.41) is 4.13. The first-order valence-electron chi connectivity index (χ1n) is 9.09. The van der Waals surface area contributed by atoms with E-state index in [0.717, 1.165) is 35.3 Å². The maximum Gasteiger partial charge on any atom is 0.173 e. The summed E-state index contributed by atoms with van der Waals surface area (Å²) >= 11 is 5.69. The van der Waals surface area contributed by atoms with Crippen LogP contribution in [-0.2, 0) is 0 Å². The van der Waals surface area contributed by atoms with Crippen LogP contribution in [0.15, 0.2) is 42.5 Å². The molecule has 0 aromatic heterocycles. The zero-order valence-electron chi connectivity index (χ0n) is 15.6. The number of fused-ring (bicyclic) bond motifs is 1. The summed E-state index contributed by atoms with van der Waals surface area (Å²) in [5.74, 6) is 1.61. The molecule has 0 amide bonds. The molecule has 1 aliphatic rings. The molecule has 2 aromatic carbocycles. The lowest BCUT2D eigenvalue weighted by Gasteiger charge is -2.33. The van der Waals surface area contributed by atoms with E-state index >= 15 is 0 Å². The van der Waals surface area contributed by atoms with Crippen molar-refractivity contribution in [2.24, 2.45) is 0 Å². The summed E-state index contributed by atoms with van der Waals surface area (Å²) in [6.45, 7) is 8.47. The van der Waals surface area contributed by atoms with Crippen molar-refractivity contribution in [1.82, 2.24) is 4.90 Å². The molecule has 0 saturated heterocycles. The highest BCUT2D eigenvalue weighted by molar-refractivity contribution is 7.80. The Hall–Kier alpha value is -2.27. The van der Waals surface area contributed by atoms with Gasteiger partial charge in [0.1, 0.15) is 6.61 Å². The molecule has 5 heteroatoms. The Bertz CT molecular complexity index is 778. The molecule has 1 atom stereocenters. The quantitative estimate of drug-likeness (QED) is 0.781. The van der Waals surface area contributed by atoms with Gasteiger partial charge in [0.15, 0.2) is 22.7 Å². The van der Waals surface area contributed by atoms with Crippen molar-refractivity contribution in [3.63, 3.8) is 0 Å². The molecular formula is C21H26N2O2S. The molecule has 0 fully saturated rings. The SMILES string of the molecule is CCCN(C[C@@H]1COc2ccccc2O1)C(=S)Nc1cccc(C)c1C. The minimum Gasteiger partial charge on any atom is -0.486 e. The third-order valence-electron chi connectivity index (χ3n) is 4.62. The number of thiocarbonyl (C=S) groups is 1. The highest BCUT2D eigenvalue weighted by Crippen LogP contribution is 2.31. The van der Waals surface area contributed by atoms with E-state index in [4.69, 9.17) is 21.7 Å². The molecule has 26 heavy (non-hydrogen) atoms. The van der Waals surface area contributed by atoms with Gasteiger partial charge in [0, 0.05) is 12.2 Å². The van der Waals surface area contributed by atoms with Crippen LogP contribution >= 0.6 is 12.2 Å². The van der Waals surface area contributed by atoms with Crippen molar-refractivity contribution in [3.05, 3.63) is 53.6 Å². The Morgan fingerprint density at radius 2 is 1.92 bits per heavy atom. The molecular weight excluding hydrogens is 344 g/mol. The summed E-state index contributed by atoms with van der Waals surface area (Å²) in [6.07, 6.45) is 0.966. The predicted octanol–water partition coefficient (Wildman–Crippen LogP) is 4.55. The minimum atomic E-state index is -0.0465. The van der Waals surface area contributed by atoms with Crippen LogP contribution in [0.2, 0.25) is 0 Å². The molecule has 3 rings (SSSR count).